The maximum Gasteiger partial charge on any atom is 0.311 e. The number of nitrogens with one attached hydrogen (secondary N) is 1. The zero-order valence-corrected chi connectivity index (χ0v) is 8.85. The van der Waals surface area contributed by atoms with Crippen molar-refractivity contribution in [3.63, 3.8) is 0 Å². The fourth-order valence-electron chi connectivity index (χ4n) is 2.04. The van der Waals surface area contributed by atoms with Crippen molar-refractivity contribution in [1.82, 2.24) is 5.32 Å². The van der Waals surface area contributed by atoms with Crippen LogP contribution in [0.3, 0.4) is 0 Å². The third-order valence-electron chi connectivity index (χ3n) is 2.91. The Labute approximate surface area is 93.2 Å². The van der Waals surface area contributed by atoms with Crippen LogP contribution in [0.15, 0.2) is 18.2 Å². The molecule has 0 aromatic heterocycles. The average Bonchev–Trinajstić information content (AvgIpc) is 2.30. The minimum absolute atomic E-state index is 0.174. The van der Waals surface area contributed by atoms with E-state index < -0.39 is 4.92 Å². The Hall–Kier alpha value is -1.62. The van der Waals surface area contributed by atoms with Crippen molar-refractivity contribution in [2.24, 2.45) is 0 Å². The molecule has 0 spiro atoms. The van der Waals surface area contributed by atoms with Crippen LogP contribution in [-0.4, -0.2) is 16.6 Å². The van der Waals surface area contributed by atoms with Gasteiger partial charge in [-0.25, -0.2) is 0 Å². The highest BCUT2D eigenvalue weighted by molar-refractivity contribution is 5.48. The van der Waals surface area contributed by atoms with Gasteiger partial charge >= 0.3 is 5.69 Å². The normalized spacial score (nSPS) is 20.6. The Morgan fingerprint density at radius 3 is 2.88 bits per heavy atom. The summed E-state index contributed by atoms with van der Waals surface area (Å²) >= 11 is 0. The van der Waals surface area contributed by atoms with Gasteiger partial charge in [-0.3, -0.25) is 10.1 Å². The summed E-state index contributed by atoms with van der Waals surface area (Å²) in [7, 11) is 0. The number of nitrogens with zero attached hydrogens (tertiary/aromatic N) is 1. The molecule has 1 aliphatic rings. The first-order chi connectivity index (χ1) is 7.68. The smallest absolute Gasteiger partial charge is 0.311 e. The fourth-order valence-corrected chi connectivity index (χ4v) is 2.04. The van der Waals surface area contributed by atoms with E-state index >= 15 is 0 Å². The van der Waals surface area contributed by atoms with Crippen LogP contribution in [0.1, 0.15) is 30.9 Å². The van der Waals surface area contributed by atoms with E-state index in [2.05, 4.69) is 5.32 Å². The van der Waals surface area contributed by atoms with Crippen molar-refractivity contribution >= 4 is 5.69 Å². The number of hydrogen-bond donors (Lipinski definition) is 2. The lowest BCUT2D eigenvalue weighted by Crippen LogP contribution is -2.26. The minimum Gasteiger partial charge on any atom is -0.502 e. The SMILES string of the molecule is O=[N+]([O-])c1cc([C@@H]2CCCCN2)ccc1O. The van der Waals surface area contributed by atoms with Crippen molar-refractivity contribution in [2.45, 2.75) is 25.3 Å². The molecule has 0 bridgehead atoms. The van der Waals surface area contributed by atoms with Gasteiger partial charge in [-0.15, -0.1) is 0 Å². The van der Waals surface area contributed by atoms with Crippen molar-refractivity contribution < 1.29 is 10.0 Å². The number of benzene rings is 1. The van der Waals surface area contributed by atoms with E-state index in [4.69, 9.17) is 0 Å². The van der Waals surface area contributed by atoms with Crippen LogP contribution in [0.4, 0.5) is 5.69 Å². The highest BCUT2D eigenvalue weighted by Gasteiger charge is 2.19. The third-order valence-corrected chi connectivity index (χ3v) is 2.91. The summed E-state index contributed by atoms with van der Waals surface area (Å²) in [6.45, 7) is 0.944. The summed E-state index contributed by atoms with van der Waals surface area (Å²) in [5.74, 6) is -0.274. The van der Waals surface area contributed by atoms with Gasteiger partial charge in [0.25, 0.3) is 0 Å². The van der Waals surface area contributed by atoms with Crippen LogP contribution >= 0.6 is 0 Å². The largest absolute Gasteiger partial charge is 0.502 e. The summed E-state index contributed by atoms with van der Waals surface area (Å²) in [5, 5.41) is 23.3. The molecule has 2 rings (SSSR count). The molecular formula is C11H14N2O3. The molecule has 1 fully saturated rings. The molecule has 0 aliphatic carbocycles. The van der Waals surface area contributed by atoms with E-state index in [0.29, 0.717) is 0 Å². The Morgan fingerprint density at radius 1 is 1.44 bits per heavy atom. The molecule has 5 nitrogen and oxygen atoms in total. The first kappa shape index (κ1) is 10.9. The van der Waals surface area contributed by atoms with E-state index in [1.54, 1.807) is 6.07 Å². The standard InChI is InChI=1S/C11H14N2O3/c14-11-5-4-8(7-10(11)13(15)16)9-3-1-2-6-12-9/h4-5,7,9,12,14H,1-3,6H2/t9-/m0/s1. The molecule has 1 aromatic carbocycles. The first-order valence-corrected chi connectivity index (χ1v) is 5.39. The molecule has 2 N–H and O–H groups in total. The molecule has 1 aliphatic heterocycles. The summed E-state index contributed by atoms with van der Waals surface area (Å²) in [5.41, 5.74) is 0.661. The molecule has 1 heterocycles. The van der Waals surface area contributed by atoms with Crippen molar-refractivity contribution in [3.05, 3.63) is 33.9 Å². The van der Waals surface area contributed by atoms with Crippen LogP contribution in [0.2, 0.25) is 0 Å². The van der Waals surface area contributed by atoms with Crippen LogP contribution in [0.5, 0.6) is 5.75 Å². The van der Waals surface area contributed by atoms with Crippen molar-refractivity contribution in [3.8, 4) is 5.75 Å². The quantitative estimate of drug-likeness (QED) is 0.593. The second kappa shape index (κ2) is 4.49. The predicted octanol–water partition coefficient (Wildman–Crippen LogP) is 2.11. The number of phenolic OH excluding ortho intramolecular Hbond substituents is 1. The lowest BCUT2D eigenvalue weighted by molar-refractivity contribution is -0.385. The van der Waals surface area contributed by atoms with E-state index in [9.17, 15) is 15.2 Å². The minimum atomic E-state index is -0.554. The summed E-state index contributed by atoms with van der Waals surface area (Å²) in [6.07, 6.45) is 3.27. The molecular weight excluding hydrogens is 208 g/mol. The first-order valence-electron chi connectivity index (χ1n) is 5.39. The van der Waals surface area contributed by atoms with Crippen LogP contribution < -0.4 is 5.32 Å². The summed E-state index contributed by atoms with van der Waals surface area (Å²) in [6, 6.07) is 4.76. The van der Waals surface area contributed by atoms with E-state index in [0.717, 1.165) is 31.4 Å². The maximum absolute atomic E-state index is 10.7. The molecule has 0 amide bonds. The third kappa shape index (κ3) is 2.14. The number of nitro benzene ring substituents is 1. The van der Waals surface area contributed by atoms with Gasteiger partial charge in [0.2, 0.25) is 0 Å². The second-order valence-corrected chi connectivity index (χ2v) is 4.01. The van der Waals surface area contributed by atoms with Gasteiger partial charge in [-0.2, -0.15) is 0 Å². The Bertz CT molecular complexity index is 400. The maximum atomic E-state index is 10.7. The molecule has 0 unspecified atom stereocenters. The van der Waals surface area contributed by atoms with E-state index in [-0.39, 0.29) is 17.5 Å². The molecule has 1 aromatic rings. The average molecular weight is 222 g/mol. The Morgan fingerprint density at radius 2 is 2.25 bits per heavy atom. The van der Waals surface area contributed by atoms with E-state index in [1.807, 2.05) is 0 Å². The second-order valence-electron chi connectivity index (χ2n) is 4.01. The number of phenols is 1. The Balaban J connectivity index is 2.27. The zero-order chi connectivity index (χ0) is 11.5. The predicted molar refractivity (Wildman–Crippen MR) is 59.4 cm³/mol. The van der Waals surface area contributed by atoms with Gasteiger partial charge in [-0.1, -0.05) is 12.5 Å². The molecule has 0 radical (unpaired) electrons. The number of aromatic hydroxyl groups is 1. The fraction of sp³-hybridized carbons (Fsp3) is 0.455. The van der Waals surface area contributed by atoms with Crippen LogP contribution in [0, 0.1) is 10.1 Å². The molecule has 5 heteroatoms. The van der Waals surface area contributed by atoms with Crippen LogP contribution in [-0.2, 0) is 0 Å². The zero-order valence-electron chi connectivity index (χ0n) is 8.85. The van der Waals surface area contributed by atoms with E-state index in [1.165, 1.54) is 12.1 Å². The number of hydrogen-bond acceptors (Lipinski definition) is 4. The lowest BCUT2D eigenvalue weighted by Gasteiger charge is -2.23. The van der Waals surface area contributed by atoms with Gasteiger partial charge in [0.1, 0.15) is 0 Å². The monoisotopic (exact) mass is 222 g/mol. The number of rotatable bonds is 2. The lowest BCUT2D eigenvalue weighted by atomic mass is 9.97. The summed E-state index contributed by atoms with van der Waals surface area (Å²) in [4.78, 5) is 10.1. The topological polar surface area (TPSA) is 75.4 Å². The van der Waals surface area contributed by atoms with Gasteiger partial charge in [0.05, 0.1) is 4.92 Å². The van der Waals surface area contributed by atoms with Gasteiger partial charge in [-0.05, 0) is 31.0 Å². The van der Waals surface area contributed by atoms with Gasteiger partial charge < -0.3 is 10.4 Å². The molecule has 16 heavy (non-hydrogen) atoms. The Kier molecular flexibility index (Phi) is 3.05. The number of piperidine rings is 1. The van der Waals surface area contributed by atoms with Crippen molar-refractivity contribution in [2.75, 3.05) is 6.54 Å². The highest BCUT2D eigenvalue weighted by atomic mass is 16.6. The van der Waals surface area contributed by atoms with Crippen molar-refractivity contribution in [1.29, 1.82) is 0 Å². The summed E-state index contributed by atoms with van der Waals surface area (Å²) < 4.78 is 0. The van der Waals surface area contributed by atoms with Crippen LogP contribution in [0.25, 0.3) is 0 Å². The molecule has 86 valence electrons. The number of nitro groups is 1. The molecule has 1 saturated heterocycles. The molecule has 1 atom stereocenters. The van der Waals surface area contributed by atoms with Gasteiger partial charge in [0, 0.05) is 12.1 Å². The highest BCUT2D eigenvalue weighted by Crippen LogP contribution is 2.31. The molecule has 0 saturated carbocycles. The van der Waals surface area contributed by atoms with Gasteiger partial charge in [0.15, 0.2) is 5.75 Å².